The summed E-state index contributed by atoms with van der Waals surface area (Å²) in [5.74, 6) is 0.765. The van der Waals surface area contributed by atoms with Crippen LogP contribution in [0.1, 0.15) is 58.2 Å². The zero-order chi connectivity index (χ0) is 17.9. The molecule has 6 heteroatoms. The van der Waals surface area contributed by atoms with Crippen molar-refractivity contribution in [3.05, 3.63) is 23.4 Å². The molecule has 2 N–H and O–H groups in total. The molecule has 1 aliphatic rings. The predicted octanol–water partition coefficient (Wildman–Crippen LogP) is 3.31. The molecule has 1 aromatic heterocycles. The van der Waals surface area contributed by atoms with Crippen LogP contribution in [-0.2, 0) is 16.0 Å². The molecule has 6 nitrogen and oxygen atoms in total. The van der Waals surface area contributed by atoms with Crippen LogP contribution >= 0.6 is 0 Å². The summed E-state index contributed by atoms with van der Waals surface area (Å²) in [7, 11) is 0. The lowest BCUT2D eigenvalue weighted by molar-refractivity contribution is 0.0168. The number of anilines is 1. The van der Waals surface area contributed by atoms with Crippen molar-refractivity contribution < 1.29 is 14.3 Å². The molecule has 1 atom stereocenters. The van der Waals surface area contributed by atoms with E-state index in [9.17, 15) is 4.79 Å². The summed E-state index contributed by atoms with van der Waals surface area (Å²) in [5.41, 5.74) is 7.28. The van der Waals surface area contributed by atoms with Gasteiger partial charge in [-0.2, -0.15) is 0 Å². The summed E-state index contributed by atoms with van der Waals surface area (Å²) in [6.07, 6.45) is 0.627. The Hall–Kier alpha value is -1.82. The molecule has 0 radical (unpaired) electrons. The summed E-state index contributed by atoms with van der Waals surface area (Å²) in [4.78, 5) is 18.7. The van der Waals surface area contributed by atoms with Crippen molar-refractivity contribution >= 4 is 11.9 Å². The normalized spacial score (nSPS) is 18.0. The third kappa shape index (κ3) is 4.84. The molecule has 0 saturated carbocycles. The third-order valence-corrected chi connectivity index (χ3v) is 3.97. The fourth-order valence-electron chi connectivity index (χ4n) is 2.75. The minimum absolute atomic E-state index is 0.00393. The number of pyridine rings is 1. The van der Waals surface area contributed by atoms with Gasteiger partial charge in [-0.25, -0.2) is 9.78 Å². The van der Waals surface area contributed by atoms with Crippen LogP contribution in [0.25, 0.3) is 0 Å². The van der Waals surface area contributed by atoms with Crippen molar-refractivity contribution in [1.82, 2.24) is 9.88 Å². The van der Waals surface area contributed by atoms with Gasteiger partial charge in [0.05, 0.1) is 18.8 Å². The molecule has 0 aromatic carbocycles. The van der Waals surface area contributed by atoms with Crippen LogP contribution in [0.5, 0.6) is 0 Å². The number of rotatable bonds is 4. The van der Waals surface area contributed by atoms with Crippen molar-refractivity contribution in [2.45, 2.75) is 65.1 Å². The van der Waals surface area contributed by atoms with Gasteiger partial charge in [0.15, 0.2) is 0 Å². The molecule has 2 heterocycles. The van der Waals surface area contributed by atoms with E-state index in [2.05, 4.69) is 4.98 Å². The second kappa shape index (κ2) is 7.38. The zero-order valence-electron chi connectivity index (χ0n) is 15.3. The smallest absolute Gasteiger partial charge is 0.410 e. The van der Waals surface area contributed by atoms with E-state index in [1.54, 1.807) is 4.90 Å². The minimum Gasteiger partial charge on any atom is -0.444 e. The van der Waals surface area contributed by atoms with Crippen LogP contribution in [-0.4, -0.2) is 40.8 Å². The van der Waals surface area contributed by atoms with Crippen LogP contribution in [0.15, 0.2) is 12.1 Å². The Morgan fingerprint density at radius 3 is 2.71 bits per heavy atom. The van der Waals surface area contributed by atoms with E-state index in [-0.39, 0.29) is 12.1 Å². The number of amides is 1. The molecule has 24 heavy (non-hydrogen) atoms. The van der Waals surface area contributed by atoms with Crippen molar-refractivity contribution in [2.75, 3.05) is 18.9 Å². The Labute approximate surface area is 144 Å². The molecular weight excluding hydrogens is 306 g/mol. The number of aromatic nitrogens is 1. The number of hydrogen-bond acceptors (Lipinski definition) is 5. The number of nitrogens with zero attached hydrogens (tertiary/aromatic N) is 2. The summed E-state index contributed by atoms with van der Waals surface area (Å²) in [6.45, 7) is 11.4. The number of ether oxygens (including phenoxy) is 2. The largest absolute Gasteiger partial charge is 0.444 e. The molecule has 1 unspecified atom stereocenters. The molecule has 0 spiro atoms. The van der Waals surface area contributed by atoms with Crippen molar-refractivity contribution in [3.63, 3.8) is 0 Å². The van der Waals surface area contributed by atoms with E-state index in [1.807, 2.05) is 46.8 Å². The van der Waals surface area contributed by atoms with E-state index in [0.29, 0.717) is 24.9 Å². The molecule has 1 fully saturated rings. The number of carbonyl (C=O) groups excluding carboxylic acids is 1. The first-order valence-corrected chi connectivity index (χ1v) is 8.50. The van der Waals surface area contributed by atoms with Crippen LogP contribution in [0.2, 0.25) is 0 Å². The molecule has 1 saturated heterocycles. The predicted molar refractivity (Wildman–Crippen MR) is 93.7 cm³/mol. The first kappa shape index (κ1) is 18.5. The van der Waals surface area contributed by atoms with Gasteiger partial charge in [-0.3, -0.25) is 4.90 Å². The standard InChI is InChI=1S/C18H29N3O3/c1-12(2)21(17(22)24-18(3,4)5)10-15-14(6-7-16(19)20-15)13-8-9-23-11-13/h6-7,12-13H,8-11H2,1-5H3,(H2,19,20). The van der Waals surface area contributed by atoms with Gasteiger partial charge in [0, 0.05) is 18.6 Å². The number of carbonyl (C=O) groups is 1. The van der Waals surface area contributed by atoms with Gasteiger partial charge < -0.3 is 15.2 Å². The monoisotopic (exact) mass is 335 g/mol. The number of nitrogen functional groups attached to an aromatic ring is 1. The van der Waals surface area contributed by atoms with Crippen LogP contribution in [0.4, 0.5) is 10.6 Å². The Balaban J connectivity index is 2.25. The lowest BCUT2D eigenvalue weighted by Gasteiger charge is -2.30. The first-order valence-electron chi connectivity index (χ1n) is 8.50. The zero-order valence-corrected chi connectivity index (χ0v) is 15.3. The highest BCUT2D eigenvalue weighted by Crippen LogP contribution is 2.29. The second-order valence-electron chi connectivity index (χ2n) is 7.53. The first-order chi connectivity index (χ1) is 11.2. The van der Waals surface area contributed by atoms with Gasteiger partial charge in [0.2, 0.25) is 0 Å². The summed E-state index contributed by atoms with van der Waals surface area (Å²) in [5, 5.41) is 0. The SMILES string of the molecule is CC(C)N(Cc1nc(N)ccc1C1CCOC1)C(=O)OC(C)(C)C. The quantitative estimate of drug-likeness (QED) is 0.913. The molecule has 1 aromatic rings. The van der Waals surface area contributed by atoms with E-state index in [0.717, 1.165) is 24.3 Å². The average molecular weight is 335 g/mol. The topological polar surface area (TPSA) is 77.7 Å². The van der Waals surface area contributed by atoms with Crippen LogP contribution < -0.4 is 5.73 Å². The number of nitrogens with two attached hydrogens (primary N) is 1. The highest BCUT2D eigenvalue weighted by molar-refractivity contribution is 5.68. The van der Waals surface area contributed by atoms with Crippen LogP contribution in [0.3, 0.4) is 0 Å². The lowest BCUT2D eigenvalue weighted by Crippen LogP contribution is -2.41. The highest BCUT2D eigenvalue weighted by Gasteiger charge is 2.27. The Kier molecular flexibility index (Phi) is 5.70. The maximum absolute atomic E-state index is 12.5. The number of hydrogen-bond donors (Lipinski definition) is 1. The van der Waals surface area contributed by atoms with E-state index in [4.69, 9.17) is 15.2 Å². The molecular formula is C18H29N3O3. The molecule has 0 aliphatic carbocycles. The maximum atomic E-state index is 12.5. The average Bonchev–Trinajstić information content (AvgIpc) is 2.96. The molecule has 2 rings (SSSR count). The third-order valence-electron chi connectivity index (χ3n) is 3.97. The van der Waals surface area contributed by atoms with Gasteiger partial charge in [-0.05, 0) is 52.7 Å². The fraction of sp³-hybridized carbons (Fsp3) is 0.667. The van der Waals surface area contributed by atoms with Gasteiger partial charge in [-0.15, -0.1) is 0 Å². The highest BCUT2D eigenvalue weighted by atomic mass is 16.6. The molecule has 1 amide bonds. The van der Waals surface area contributed by atoms with Gasteiger partial charge in [0.25, 0.3) is 0 Å². The van der Waals surface area contributed by atoms with Gasteiger partial charge >= 0.3 is 6.09 Å². The van der Waals surface area contributed by atoms with E-state index in [1.165, 1.54) is 0 Å². The summed E-state index contributed by atoms with van der Waals surface area (Å²) in [6, 6.07) is 3.81. The van der Waals surface area contributed by atoms with E-state index >= 15 is 0 Å². The Morgan fingerprint density at radius 1 is 1.46 bits per heavy atom. The Bertz CT molecular complexity index is 575. The lowest BCUT2D eigenvalue weighted by atomic mass is 9.96. The van der Waals surface area contributed by atoms with Crippen molar-refractivity contribution in [1.29, 1.82) is 0 Å². The molecule has 1 aliphatic heterocycles. The summed E-state index contributed by atoms with van der Waals surface area (Å²) >= 11 is 0. The van der Waals surface area contributed by atoms with Gasteiger partial charge in [-0.1, -0.05) is 6.07 Å². The van der Waals surface area contributed by atoms with Crippen molar-refractivity contribution in [3.8, 4) is 0 Å². The minimum atomic E-state index is -0.532. The second-order valence-corrected chi connectivity index (χ2v) is 7.53. The summed E-state index contributed by atoms with van der Waals surface area (Å²) < 4.78 is 11.0. The maximum Gasteiger partial charge on any atom is 0.410 e. The van der Waals surface area contributed by atoms with E-state index < -0.39 is 5.60 Å². The van der Waals surface area contributed by atoms with Gasteiger partial charge in [0.1, 0.15) is 11.4 Å². The Morgan fingerprint density at radius 2 is 2.17 bits per heavy atom. The molecule has 134 valence electrons. The van der Waals surface area contributed by atoms with Crippen molar-refractivity contribution in [2.24, 2.45) is 0 Å². The van der Waals surface area contributed by atoms with Crippen LogP contribution in [0, 0.1) is 0 Å². The molecule has 0 bridgehead atoms. The fourth-order valence-corrected chi connectivity index (χ4v) is 2.75.